The summed E-state index contributed by atoms with van der Waals surface area (Å²) in [5.41, 5.74) is -0.314. The smallest absolute Gasteiger partial charge is 0.408 e. The van der Waals surface area contributed by atoms with Crippen molar-refractivity contribution in [1.29, 1.82) is 0 Å². The van der Waals surface area contributed by atoms with Crippen molar-refractivity contribution in [3.8, 4) is 0 Å². The van der Waals surface area contributed by atoms with Crippen LogP contribution < -0.4 is 5.32 Å². The van der Waals surface area contributed by atoms with Crippen molar-refractivity contribution in [2.75, 3.05) is 0 Å². The third-order valence-corrected chi connectivity index (χ3v) is 2.77. The van der Waals surface area contributed by atoms with Crippen LogP contribution in [-0.4, -0.2) is 24.0 Å². The number of amides is 1. The number of rotatable bonds is 4. The van der Waals surface area contributed by atoms with Crippen molar-refractivity contribution < 1.29 is 14.3 Å². The van der Waals surface area contributed by atoms with Crippen LogP contribution in [0, 0.1) is 11.3 Å². The molecule has 17 heavy (non-hydrogen) atoms. The molecule has 0 aliphatic heterocycles. The molecule has 0 aromatic heterocycles. The summed E-state index contributed by atoms with van der Waals surface area (Å²) in [6, 6.07) is -0.519. The number of carbonyl (C=O) groups is 2. The van der Waals surface area contributed by atoms with E-state index in [4.69, 9.17) is 4.74 Å². The molecule has 0 heterocycles. The Balaban J connectivity index is 4.49. The molecule has 0 radical (unpaired) electrons. The average molecular weight is 243 g/mol. The Hall–Kier alpha value is -1.06. The van der Waals surface area contributed by atoms with E-state index in [1.165, 1.54) is 6.92 Å². The highest BCUT2D eigenvalue weighted by Gasteiger charge is 2.31. The van der Waals surface area contributed by atoms with Crippen molar-refractivity contribution in [2.45, 2.75) is 60.6 Å². The predicted molar refractivity (Wildman–Crippen MR) is 67.8 cm³/mol. The van der Waals surface area contributed by atoms with Crippen molar-refractivity contribution in [3.05, 3.63) is 0 Å². The van der Waals surface area contributed by atoms with E-state index in [2.05, 4.69) is 5.32 Å². The molecule has 0 bridgehead atoms. The highest BCUT2D eigenvalue weighted by molar-refractivity contribution is 5.86. The summed E-state index contributed by atoms with van der Waals surface area (Å²) in [6.07, 6.45) is -0.691. The van der Waals surface area contributed by atoms with Gasteiger partial charge in [-0.25, -0.2) is 4.79 Å². The van der Waals surface area contributed by atoms with Gasteiger partial charge in [0, 0.05) is 0 Å². The average Bonchev–Trinajstić information content (AvgIpc) is 2.11. The highest BCUT2D eigenvalue weighted by Crippen LogP contribution is 2.20. The lowest BCUT2D eigenvalue weighted by Crippen LogP contribution is -2.49. The van der Waals surface area contributed by atoms with Gasteiger partial charge in [-0.2, -0.15) is 0 Å². The van der Waals surface area contributed by atoms with Gasteiger partial charge in [-0.15, -0.1) is 0 Å². The minimum atomic E-state index is -0.527. The zero-order valence-electron chi connectivity index (χ0n) is 12.0. The Morgan fingerprint density at radius 3 is 1.88 bits per heavy atom. The van der Waals surface area contributed by atoms with Crippen LogP contribution in [0.5, 0.6) is 0 Å². The van der Waals surface area contributed by atoms with Gasteiger partial charge < -0.3 is 10.1 Å². The lowest BCUT2D eigenvalue weighted by Gasteiger charge is -2.29. The zero-order chi connectivity index (χ0) is 13.8. The van der Waals surface area contributed by atoms with Gasteiger partial charge >= 0.3 is 6.09 Å². The Morgan fingerprint density at radius 1 is 1.12 bits per heavy atom. The summed E-state index contributed by atoms with van der Waals surface area (Å²) >= 11 is 0. The molecule has 4 nitrogen and oxygen atoms in total. The number of carbonyl (C=O) groups excluding carboxylic acids is 2. The van der Waals surface area contributed by atoms with Gasteiger partial charge in [-0.05, 0) is 25.2 Å². The first kappa shape index (κ1) is 15.9. The molecule has 1 amide bonds. The fourth-order valence-electron chi connectivity index (χ4n) is 1.38. The van der Waals surface area contributed by atoms with E-state index in [0.29, 0.717) is 0 Å². The molecular weight excluding hydrogens is 218 g/mol. The minimum Gasteiger partial charge on any atom is -0.446 e. The number of alkyl carbamates (subject to hydrolysis) is 1. The molecule has 0 saturated carbocycles. The molecule has 2 atom stereocenters. The van der Waals surface area contributed by atoms with Crippen LogP contribution >= 0.6 is 0 Å². The molecule has 4 heteroatoms. The monoisotopic (exact) mass is 243 g/mol. The van der Waals surface area contributed by atoms with Gasteiger partial charge in [0.05, 0.1) is 6.04 Å². The van der Waals surface area contributed by atoms with E-state index in [9.17, 15) is 9.59 Å². The zero-order valence-corrected chi connectivity index (χ0v) is 12.0. The summed E-state index contributed by atoms with van der Waals surface area (Å²) in [7, 11) is 0. The molecule has 0 fully saturated rings. The molecule has 0 unspecified atom stereocenters. The van der Waals surface area contributed by atoms with Gasteiger partial charge in [0.25, 0.3) is 0 Å². The molecule has 0 spiro atoms. The first-order chi connectivity index (χ1) is 7.55. The molecule has 1 N–H and O–H groups in total. The standard InChI is InChI=1S/C13H25NO3/c1-8(2)10(4)17-12(16)14-11(9(3)15)13(5,6)7/h8,10-11H,1-7H3,(H,14,16)/t10-,11-/m1/s1. The van der Waals surface area contributed by atoms with Crippen LogP contribution in [0.3, 0.4) is 0 Å². The second kappa shape index (κ2) is 6.03. The van der Waals surface area contributed by atoms with Gasteiger partial charge in [-0.3, -0.25) is 4.79 Å². The third-order valence-electron chi connectivity index (χ3n) is 2.77. The fourth-order valence-corrected chi connectivity index (χ4v) is 1.38. The van der Waals surface area contributed by atoms with E-state index < -0.39 is 12.1 Å². The molecule has 0 aromatic carbocycles. The summed E-state index contributed by atoms with van der Waals surface area (Å²) in [6.45, 7) is 13.0. The van der Waals surface area contributed by atoms with Gasteiger partial charge in [-0.1, -0.05) is 34.6 Å². The van der Waals surface area contributed by atoms with E-state index in [1.54, 1.807) is 0 Å². The molecule has 0 aromatic rings. The predicted octanol–water partition coefficient (Wildman–Crippen LogP) is 2.76. The molecule has 0 rings (SSSR count). The Kier molecular flexibility index (Phi) is 5.66. The lowest BCUT2D eigenvalue weighted by atomic mass is 9.85. The summed E-state index contributed by atoms with van der Waals surface area (Å²) in [5.74, 6) is 0.192. The summed E-state index contributed by atoms with van der Waals surface area (Å²) in [5, 5.41) is 2.63. The maximum atomic E-state index is 11.6. The van der Waals surface area contributed by atoms with Crippen LogP contribution in [0.1, 0.15) is 48.5 Å². The van der Waals surface area contributed by atoms with Crippen molar-refractivity contribution >= 4 is 11.9 Å². The first-order valence-electron chi connectivity index (χ1n) is 6.03. The maximum absolute atomic E-state index is 11.6. The number of ether oxygens (including phenoxy) is 1. The van der Waals surface area contributed by atoms with E-state index in [1.807, 2.05) is 41.5 Å². The number of nitrogens with one attached hydrogen (secondary N) is 1. The Labute approximate surface area is 104 Å². The van der Waals surface area contributed by atoms with Crippen molar-refractivity contribution in [1.82, 2.24) is 5.32 Å². The van der Waals surface area contributed by atoms with E-state index in [0.717, 1.165) is 0 Å². The summed E-state index contributed by atoms with van der Waals surface area (Å²) in [4.78, 5) is 23.1. The molecular formula is C13H25NO3. The quantitative estimate of drug-likeness (QED) is 0.826. The second-order valence-electron chi connectivity index (χ2n) is 5.91. The second-order valence-corrected chi connectivity index (χ2v) is 5.91. The number of ketones is 1. The van der Waals surface area contributed by atoms with Crippen LogP contribution in [0.4, 0.5) is 4.79 Å². The minimum absolute atomic E-state index is 0.0633. The third kappa shape index (κ3) is 5.71. The molecule has 100 valence electrons. The van der Waals surface area contributed by atoms with Crippen LogP contribution in [0.25, 0.3) is 0 Å². The van der Waals surface area contributed by atoms with Crippen molar-refractivity contribution in [3.63, 3.8) is 0 Å². The van der Waals surface area contributed by atoms with Crippen LogP contribution in [-0.2, 0) is 9.53 Å². The molecule has 0 saturated heterocycles. The van der Waals surface area contributed by atoms with Gasteiger partial charge in [0.2, 0.25) is 0 Å². The first-order valence-corrected chi connectivity index (χ1v) is 6.03. The number of hydrogen-bond acceptors (Lipinski definition) is 3. The van der Waals surface area contributed by atoms with Gasteiger partial charge in [0.15, 0.2) is 5.78 Å². The van der Waals surface area contributed by atoms with E-state index >= 15 is 0 Å². The number of hydrogen-bond donors (Lipinski definition) is 1. The topological polar surface area (TPSA) is 55.4 Å². The SMILES string of the molecule is CC(=O)[C@@H](NC(=O)O[C@H](C)C(C)C)C(C)(C)C. The normalized spacial score (nSPS) is 15.3. The van der Waals surface area contributed by atoms with Crippen LogP contribution in [0.15, 0.2) is 0 Å². The molecule has 0 aliphatic carbocycles. The summed E-state index contributed by atoms with van der Waals surface area (Å²) < 4.78 is 5.19. The van der Waals surface area contributed by atoms with Crippen molar-refractivity contribution in [2.24, 2.45) is 11.3 Å². The Morgan fingerprint density at radius 2 is 1.59 bits per heavy atom. The fraction of sp³-hybridized carbons (Fsp3) is 0.846. The van der Waals surface area contributed by atoms with Crippen LogP contribution in [0.2, 0.25) is 0 Å². The highest BCUT2D eigenvalue weighted by atomic mass is 16.6. The van der Waals surface area contributed by atoms with E-state index in [-0.39, 0.29) is 23.2 Å². The lowest BCUT2D eigenvalue weighted by molar-refractivity contribution is -0.121. The maximum Gasteiger partial charge on any atom is 0.408 e. The van der Waals surface area contributed by atoms with Gasteiger partial charge in [0.1, 0.15) is 6.10 Å². The molecule has 0 aliphatic rings. The largest absolute Gasteiger partial charge is 0.446 e. The Bertz CT molecular complexity index is 279. The number of Topliss-reactive ketones (excluding diaryl/α,β-unsaturated/α-hetero) is 1.